The minimum absolute atomic E-state index is 0.118. The summed E-state index contributed by atoms with van der Waals surface area (Å²) < 4.78 is 13.6. The Hall–Kier alpha value is -3.79. The van der Waals surface area contributed by atoms with E-state index >= 15 is 0 Å². The minimum Gasteiger partial charge on any atom is -0.491 e. The van der Waals surface area contributed by atoms with E-state index in [0.29, 0.717) is 42.0 Å². The molecule has 260 valence electrons. The van der Waals surface area contributed by atoms with E-state index in [0.717, 1.165) is 89.9 Å². The number of anilines is 2. The van der Waals surface area contributed by atoms with Gasteiger partial charge in [-0.15, -0.1) is 22.0 Å². The molecular formula is C39H48ClN5O3S. The zero-order chi connectivity index (χ0) is 34.6. The number of hydrogen-bond acceptors (Lipinski definition) is 7. The number of fused-ring (bicyclic) bond motifs is 1. The van der Waals surface area contributed by atoms with Crippen molar-refractivity contribution in [1.82, 2.24) is 14.8 Å². The predicted molar refractivity (Wildman–Crippen MR) is 203 cm³/mol. The number of hydrogen-bond donors (Lipinski definition) is 1. The van der Waals surface area contributed by atoms with Crippen molar-refractivity contribution in [2.75, 3.05) is 43.1 Å². The Bertz CT molecular complexity index is 1710. The molecule has 1 aromatic heterocycles. The Morgan fingerprint density at radius 3 is 2.57 bits per heavy atom. The Balaban J connectivity index is 1.28. The number of nitrogens with one attached hydrogen (secondary N) is 1. The van der Waals surface area contributed by atoms with Gasteiger partial charge in [-0.05, 0) is 90.4 Å². The van der Waals surface area contributed by atoms with E-state index in [-0.39, 0.29) is 5.91 Å². The summed E-state index contributed by atoms with van der Waals surface area (Å²) in [4.78, 5) is 17.0. The first kappa shape index (κ1) is 36.5. The van der Waals surface area contributed by atoms with Crippen molar-refractivity contribution < 1.29 is 14.3 Å². The second kappa shape index (κ2) is 18.3. The molecule has 1 N–H and O–H groups in total. The molecule has 10 heteroatoms. The lowest BCUT2D eigenvalue weighted by molar-refractivity contribution is -0.112. The molecule has 3 aromatic carbocycles. The second-order valence-electron chi connectivity index (χ2n) is 12.7. The molecule has 1 aliphatic rings. The van der Waals surface area contributed by atoms with Crippen LogP contribution in [-0.2, 0) is 21.8 Å². The van der Waals surface area contributed by atoms with Crippen LogP contribution in [0.1, 0.15) is 64.8 Å². The van der Waals surface area contributed by atoms with Gasteiger partial charge in [0.05, 0.1) is 17.4 Å². The molecule has 0 spiro atoms. The highest BCUT2D eigenvalue weighted by Gasteiger charge is 2.21. The number of thioether (sulfide) groups is 1. The Morgan fingerprint density at radius 2 is 1.82 bits per heavy atom. The van der Waals surface area contributed by atoms with Crippen LogP contribution in [0.2, 0.25) is 5.02 Å². The molecular weight excluding hydrogens is 654 g/mol. The Labute approximate surface area is 300 Å². The molecule has 0 radical (unpaired) electrons. The third kappa shape index (κ3) is 10.4. The number of amides is 1. The number of halogens is 1. The van der Waals surface area contributed by atoms with Crippen LogP contribution in [0.4, 0.5) is 11.4 Å². The van der Waals surface area contributed by atoms with Crippen molar-refractivity contribution >= 4 is 46.7 Å². The highest BCUT2D eigenvalue weighted by atomic mass is 35.5. The predicted octanol–water partition coefficient (Wildman–Crippen LogP) is 9.38. The van der Waals surface area contributed by atoms with E-state index in [9.17, 15) is 4.79 Å². The lowest BCUT2D eigenvalue weighted by Gasteiger charge is -2.27. The van der Waals surface area contributed by atoms with Gasteiger partial charge in [0.25, 0.3) is 5.91 Å². The van der Waals surface area contributed by atoms with Crippen LogP contribution in [0.15, 0.2) is 77.5 Å². The summed E-state index contributed by atoms with van der Waals surface area (Å²) >= 11 is 8.29. The number of benzene rings is 3. The Kier molecular flexibility index (Phi) is 13.6. The molecule has 5 rings (SSSR count). The van der Waals surface area contributed by atoms with Gasteiger partial charge >= 0.3 is 0 Å². The summed E-state index contributed by atoms with van der Waals surface area (Å²) in [7, 11) is 0. The van der Waals surface area contributed by atoms with E-state index in [1.807, 2.05) is 36.4 Å². The standard InChI is InChI=1S/C39H48ClN5O3S/c1-5-7-19-47-20-21-48-34-12-8-29(9-13-34)30-10-14-36-32(22-30)23-31(16-18-44(36)25-28(3)4)39(46)42-33-11-15-37(35(40)24-33)49-26-38-43-41-27-45(38)17-6-2/h8-15,22-24,27-28H,5-7,16-21,25-26H2,1-4H3,(H,42,46). The van der Waals surface area contributed by atoms with Crippen molar-refractivity contribution in [3.8, 4) is 16.9 Å². The molecule has 0 unspecified atom stereocenters. The maximum Gasteiger partial charge on any atom is 0.251 e. The van der Waals surface area contributed by atoms with Crippen molar-refractivity contribution in [2.24, 2.45) is 5.92 Å². The quantitative estimate of drug-likeness (QED) is 0.0868. The summed E-state index contributed by atoms with van der Waals surface area (Å²) in [5, 5.41) is 12.0. The largest absolute Gasteiger partial charge is 0.491 e. The fourth-order valence-electron chi connectivity index (χ4n) is 5.76. The molecule has 2 heterocycles. The third-order valence-electron chi connectivity index (χ3n) is 8.26. The summed E-state index contributed by atoms with van der Waals surface area (Å²) in [5.41, 5.74) is 5.75. The van der Waals surface area contributed by atoms with E-state index in [1.165, 1.54) is 0 Å². The van der Waals surface area contributed by atoms with Crippen molar-refractivity contribution in [1.29, 1.82) is 0 Å². The van der Waals surface area contributed by atoms with Crippen LogP contribution >= 0.6 is 23.4 Å². The molecule has 0 bridgehead atoms. The number of aromatic nitrogens is 3. The van der Waals surface area contributed by atoms with E-state index < -0.39 is 0 Å². The number of nitrogens with zero attached hydrogens (tertiary/aromatic N) is 4. The highest BCUT2D eigenvalue weighted by molar-refractivity contribution is 7.98. The fraction of sp³-hybridized carbons (Fsp3) is 0.410. The van der Waals surface area contributed by atoms with Gasteiger partial charge in [-0.3, -0.25) is 4.79 Å². The zero-order valence-electron chi connectivity index (χ0n) is 29.1. The highest BCUT2D eigenvalue weighted by Crippen LogP contribution is 2.35. The molecule has 1 aliphatic heterocycles. The van der Waals surface area contributed by atoms with Gasteiger partial charge in [-0.25, -0.2) is 0 Å². The molecule has 1 amide bonds. The SMILES string of the molecule is CCCCOCCOc1ccc(-c2ccc3c(c2)C=C(C(=O)Nc2ccc(SCc4nncn4CCC)c(Cl)c2)CCN3CC(C)C)cc1. The monoisotopic (exact) mass is 701 g/mol. The minimum atomic E-state index is -0.118. The fourth-order valence-corrected chi connectivity index (χ4v) is 6.97. The summed E-state index contributed by atoms with van der Waals surface area (Å²) in [6.45, 7) is 13.2. The smallest absolute Gasteiger partial charge is 0.251 e. The number of aryl methyl sites for hydroxylation is 1. The van der Waals surface area contributed by atoms with E-state index in [4.69, 9.17) is 21.1 Å². The summed E-state index contributed by atoms with van der Waals surface area (Å²) in [6, 6.07) is 20.4. The molecule has 49 heavy (non-hydrogen) atoms. The maximum atomic E-state index is 13.7. The zero-order valence-corrected chi connectivity index (χ0v) is 30.7. The first-order valence-electron chi connectivity index (χ1n) is 17.4. The number of carbonyl (C=O) groups is 1. The van der Waals surface area contributed by atoms with Crippen LogP contribution in [-0.4, -0.2) is 53.6 Å². The van der Waals surface area contributed by atoms with Crippen LogP contribution in [0, 0.1) is 5.92 Å². The van der Waals surface area contributed by atoms with Gasteiger partial charge in [-0.1, -0.05) is 63.9 Å². The van der Waals surface area contributed by atoms with Crippen molar-refractivity contribution in [3.05, 3.63) is 89.0 Å². The lowest BCUT2D eigenvalue weighted by Crippen LogP contribution is -2.29. The van der Waals surface area contributed by atoms with Crippen molar-refractivity contribution in [2.45, 2.75) is 70.6 Å². The van der Waals surface area contributed by atoms with Gasteiger partial charge in [0, 0.05) is 48.1 Å². The van der Waals surface area contributed by atoms with E-state index in [1.54, 1.807) is 18.1 Å². The Morgan fingerprint density at radius 1 is 1.00 bits per heavy atom. The molecule has 0 saturated heterocycles. The maximum absolute atomic E-state index is 13.7. The van der Waals surface area contributed by atoms with Crippen molar-refractivity contribution in [3.63, 3.8) is 0 Å². The molecule has 0 saturated carbocycles. The van der Waals surface area contributed by atoms with Crippen LogP contribution in [0.25, 0.3) is 17.2 Å². The molecule has 0 aliphatic carbocycles. The number of carbonyl (C=O) groups excluding carboxylic acids is 1. The van der Waals surface area contributed by atoms with Gasteiger partial charge < -0.3 is 24.3 Å². The van der Waals surface area contributed by atoms with Gasteiger partial charge in [-0.2, -0.15) is 0 Å². The first-order chi connectivity index (χ1) is 23.8. The topological polar surface area (TPSA) is 81.5 Å². The molecule has 0 fully saturated rings. The van der Waals surface area contributed by atoms with E-state index in [2.05, 4.69) is 83.0 Å². The van der Waals surface area contributed by atoms with Crippen LogP contribution in [0.5, 0.6) is 5.75 Å². The summed E-state index contributed by atoms with van der Waals surface area (Å²) in [6.07, 6.45) is 7.66. The number of unbranched alkanes of at least 4 members (excludes halogenated alkanes) is 1. The number of rotatable bonds is 17. The number of ether oxygens (including phenoxy) is 2. The first-order valence-corrected chi connectivity index (χ1v) is 18.7. The average Bonchev–Trinajstić information content (AvgIpc) is 3.46. The lowest BCUT2D eigenvalue weighted by atomic mass is 10.00. The molecule has 4 aromatic rings. The van der Waals surface area contributed by atoms with Gasteiger partial charge in [0.1, 0.15) is 24.5 Å². The summed E-state index contributed by atoms with van der Waals surface area (Å²) in [5.74, 6) is 2.77. The van der Waals surface area contributed by atoms with Crippen LogP contribution in [0.3, 0.4) is 0 Å². The average molecular weight is 702 g/mol. The molecule has 8 nitrogen and oxygen atoms in total. The normalized spacial score (nSPS) is 12.9. The third-order valence-corrected chi connectivity index (χ3v) is 9.75. The van der Waals surface area contributed by atoms with Crippen LogP contribution < -0.4 is 15.0 Å². The van der Waals surface area contributed by atoms with Gasteiger partial charge in [0.2, 0.25) is 0 Å². The second-order valence-corrected chi connectivity index (χ2v) is 14.1. The van der Waals surface area contributed by atoms with Gasteiger partial charge in [0.15, 0.2) is 0 Å². The molecule has 0 atom stereocenters.